The van der Waals surface area contributed by atoms with Crippen molar-refractivity contribution in [1.29, 1.82) is 0 Å². The van der Waals surface area contributed by atoms with Crippen LogP contribution in [0.5, 0.6) is 0 Å². The highest BCUT2D eigenvalue weighted by atomic mass is 16.3. The van der Waals surface area contributed by atoms with Gasteiger partial charge in [0.15, 0.2) is 0 Å². The molecule has 0 radical (unpaired) electrons. The Labute approximate surface area is 134 Å². The SMILES string of the molecule is C#C[C@]1(O)CC[C@H]2[C@@H]3CCC4=CCCC[C@@H]4[C@H]3C(=C)C[C@@]21C. The second-order valence-corrected chi connectivity index (χ2v) is 8.45. The zero-order chi connectivity index (χ0) is 15.5. The molecule has 1 nitrogen and oxygen atoms in total. The van der Waals surface area contributed by atoms with Crippen molar-refractivity contribution in [3.63, 3.8) is 0 Å². The van der Waals surface area contributed by atoms with E-state index in [0.717, 1.165) is 25.2 Å². The Bertz CT molecular complexity index is 579. The standard InChI is InChI=1S/C21H28O/c1-4-21(22)12-11-18-17-10-9-15-7-5-6-8-16(15)19(17)14(2)13-20(18,21)3/h1,7,16-19,22H,2,5-6,8-13H2,3H3/t16-,17-,18-,19+,20-,21-/m0/s1. The largest absolute Gasteiger partial charge is 0.377 e. The molecule has 0 saturated heterocycles. The first kappa shape index (κ1) is 14.6. The predicted molar refractivity (Wildman–Crippen MR) is 90.0 cm³/mol. The summed E-state index contributed by atoms with van der Waals surface area (Å²) in [5, 5.41) is 11.0. The van der Waals surface area contributed by atoms with Gasteiger partial charge < -0.3 is 5.11 Å². The van der Waals surface area contributed by atoms with E-state index < -0.39 is 5.60 Å². The summed E-state index contributed by atoms with van der Waals surface area (Å²) in [5.41, 5.74) is 2.00. The lowest BCUT2D eigenvalue weighted by atomic mass is 9.49. The van der Waals surface area contributed by atoms with E-state index in [1.54, 1.807) is 5.57 Å². The molecule has 0 unspecified atom stereocenters. The molecule has 0 aliphatic heterocycles. The van der Waals surface area contributed by atoms with Gasteiger partial charge in [0, 0.05) is 5.41 Å². The summed E-state index contributed by atoms with van der Waals surface area (Å²) in [5.74, 6) is 5.41. The van der Waals surface area contributed by atoms with Gasteiger partial charge >= 0.3 is 0 Å². The van der Waals surface area contributed by atoms with E-state index in [4.69, 9.17) is 6.42 Å². The van der Waals surface area contributed by atoms with Gasteiger partial charge in [-0.15, -0.1) is 6.42 Å². The molecule has 4 aliphatic rings. The van der Waals surface area contributed by atoms with Gasteiger partial charge in [0.25, 0.3) is 0 Å². The van der Waals surface area contributed by atoms with Crippen molar-refractivity contribution < 1.29 is 5.11 Å². The summed E-state index contributed by atoms with van der Waals surface area (Å²) in [4.78, 5) is 0. The van der Waals surface area contributed by atoms with Crippen molar-refractivity contribution in [2.24, 2.45) is 29.1 Å². The van der Waals surface area contributed by atoms with E-state index >= 15 is 0 Å². The van der Waals surface area contributed by atoms with Crippen LogP contribution in [0.1, 0.15) is 58.3 Å². The number of allylic oxidation sites excluding steroid dienone is 3. The third-order valence-corrected chi connectivity index (χ3v) is 7.66. The normalized spacial score (nSPS) is 50.4. The van der Waals surface area contributed by atoms with E-state index in [2.05, 4.69) is 25.5 Å². The molecule has 118 valence electrons. The number of hydrogen-bond acceptors (Lipinski definition) is 1. The van der Waals surface area contributed by atoms with Crippen LogP contribution in [-0.4, -0.2) is 10.7 Å². The van der Waals surface area contributed by atoms with E-state index in [0.29, 0.717) is 17.8 Å². The Balaban J connectivity index is 1.72. The van der Waals surface area contributed by atoms with Crippen molar-refractivity contribution in [3.8, 4) is 12.3 Å². The summed E-state index contributed by atoms with van der Waals surface area (Å²) in [6.45, 7) is 6.72. The summed E-state index contributed by atoms with van der Waals surface area (Å²) in [6, 6.07) is 0. The number of rotatable bonds is 0. The third-order valence-electron chi connectivity index (χ3n) is 7.66. The number of hydrogen-bond donors (Lipinski definition) is 1. The highest BCUT2D eigenvalue weighted by molar-refractivity contribution is 5.31. The Kier molecular flexibility index (Phi) is 3.15. The van der Waals surface area contributed by atoms with Crippen LogP contribution in [-0.2, 0) is 0 Å². The lowest BCUT2D eigenvalue weighted by molar-refractivity contribution is -0.0644. The maximum atomic E-state index is 11.0. The second kappa shape index (κ2) is 4.75. The summed E-state index contributed by atoms with van der Waals surface area (Å²) in [7, 11) is 0. The Morgan fingerprint density at radius 2 is 2.18 bits per heavy atom. The minimum absolute atomic E-state index is 0.157. The van der Waals surface area contributed by atoms with E-state index in [9.17, 15) is 5.11 Å². The molecule has 1 N–H and O–H groups in total. The van der Waals surface area contributed by atoms with Gasteiger partial charge in [-0.25, -0.2) is 0 Å². The van der Waals surface area contributed by atoms with Crippen LogP contribution in [0.2, 0.25) is 0 Å². The van der Waals surface area contributed by atoms with Crippen LogP contribution in [0.15, 0.2) is 23.8 Å². The summed E-state index contributed by atoms with van der Waals surface area (Å²) < 4.78 is 0. The van der Waals surface area contributed by atoms with Crippen molar-refractivity contribution in [1.82, 2.24) is 0 Å². The van der Waals surface area contributed by atoms with Gasteiger partial charge in [0.1, 0.15) is 5.60 Å². The number of terminal acetylenes is 1. The van der Waals surface area contributed by atoms with Gasteiger partial charge in [-0.1, -0.05) is 36.6 Å². The maximum absolute atomic E-state index is 11.0. The van der Waals surface area contributed by atoms with Gasteiger partial charge in [-0.3, -0.25) is 0 Å². The Hall–Kier alpha value is -1.00. The van der Waals surface area contributed by atoms with Crippen LogP contribution in [0, 0.1) is 41.4 Å². The number of fused-ring (bicyclic) bond motifs is 5. The molecule has 6 atom stereocenters. The first-order valence-electron chi connectivity index (χ1n) is 9.07. The Morgan fingerprint density at radius 3 is 2.95 bits per heavy atom. The lowest BCUT2D eigenvalue weighted by Crippen LogP contribution is -2.52. The van der Waals surface area contributed by atoms with E-state index in [1.807, 2.05) is 0 Å². The first-order valence-corrected chi connectivity index (χ1v) is 9.07. The van der Waals surface area contributed by atoms with E-state index in [-0.39, 0.29) is 5.41 Å². The van der Waals surface area contributed by atoms with Crippen molar-refractivity contribution >= 4 is 0 Å². The molecule has 4 rings (SSSR count). The Morgan fingerprint density at radius 1 is 1.36 bits per heavy atom. The van der Waals surface area contributed by atoms with Crippen LogP contribution in [0.3, 0.4) is 0 Å². The van der Waals surface area contributed by atoms with Gasteiger partial charge in [-0.05, 0) is 75.0 Å². The summed E-state index contributed by atoms with van der Waals surface area (Å²) in [6.07, 6.45) is 17.5. The van der Waals surface area contributed by atoms with Gasteiger partial charge in [0.2, 0.25) is 0 Å². The monoisotopic (exact) mass is 296 g/mol. The zero-order valence-corrected chi connectivity index (χ0v) is 13.8. The lowest BCUT2D eigenvalue weighted by Gasteiger charge is -2.55. The fourth-order valence-electron chi connectivity index (χ4n) is 6.58. The highest BCUT2D eigenvalue weighted by Crippen LogP contribution is 2.65. The molecule has 22 heavy (non-hydrogen) atoms. The molecule has 0 amide bonds. The van der Waals surface area contributed by atoms with Gasteiger partial charge in [-0.2, -0.15) is 0 Å². The third kappa shape index (κ3) is 1.71. The average Bonchev–Trinajstić information content (AvgIpc) is 2.79. The van der Waals surface area contributed by atoms with Crippen molar-refractivity contribution in [2.75, 3.05) is 0 Å². The van der Waals surface area contributed by atoms with Crippen LogP contribution in [0.4, 0.5) is 0 Å². The molecular weight excluding hydrogens is 268 g/mol. The molecule has 0 spiro atoms. The van der Waals surface area contributed by atoms with Crippen LogP contribution in [0.25, 0.3) is 0 Å². The van der Waals surface area contributed by atoms with Crippen LogP contribution < -0.4 is 0 Å². The molecular formula is C21H28O. The quantitative estimate of drug-likeness (QED) is 0.516. The smallest absolute Gasteiger partial charge is 0.131 e. The fourth-order valence-corrected chi connectivity index (χ4v) is 6.58. The molecule has 0 aromatic heterocycles. The molecule has 0 aromatic rings. The molecule has 3 fully saturated rings. The molecule has 3 saturated carbocycles. The number of aliphatic hydroxyl groups is 1. The minimum atomic E-state index is -0.922. The molecule has 0 bridgehead atoms. The fraction of sp³-hybridized carbons (Fsp3) is 0.714. The summed E-state index contributed by atoms with van der Waals surface area (Å²) >= 11 is 0. The minimum Gasteiger partial charge on any atom is -0.377 e. The van der Waals surface area contributed by atoms with E-state index in [1.165, 1.54) is 37.7 Å². The average molecular weight is 296 g/mol. The van der Waals surface area contributed by atoms with Crippen molar-refractivity contribution in [3.05, 3.63) is 23.8 Å². The molecule has 1 heteroatoms. The highest BCUT2D eigenvalue weighted by Gasteiger charge is 2.62. The molecule has 4 aliphatic carbocycles. The zero-order valence-electron chi connectivity index (χ0n) is 13.8. The van der Waals surface area contributed by atoms with Crippen molar-refractivity contribution in [2.45, 2.75) is 63.9 Å². The first-order chi connectivity index (χ1) is 10.5. The molecule has 0 heterocycles. The maximum Gasteiger partial charge on any atom is 0.131 e. The topological polar surface area (TPSA) is 20.2 Å². The molecule has 0 aromatic carbocycles. The van der Waals surface area contributed by atoms with Gasteiger partial charge in [0.05, 0.1) is 0 Å². The second-order valence-electron chi connectivity index (χ2n) is 8.45. The predicted octanol–water partition coefficient (Wildman–Crippen LogP) is 4.48. The van der Waals surface area contributed by atoms with Crippen LogP contribution >= 0.6 is 0 Å².